The van der Waals surface area contributed by atoms with Gasteiger partial charge in [-0.2, -0.15) is 0 Å². The Labute approximate surface area is 130 Å². The van der Waals surface area contributed by atoms with Crippen LogP contribution in [0.3, 0.4) is 0 Å². The molecule has 1 heterocycles. The standard InChI is InChI=1S/C19H30N2/c1-3-5-6-7-11-14-21-16-15-20(4-2)19(21)17-18-12-9-8-10-13-18/h8-10,12-13,15-16,19H,3-7,11,14,17H2,1-2H3. The molecule has 0 aromatic heterocycles. The van der Waals surface area contributed by atoms with Crippen molar-refractivity contribution in [2.24, 2.45) is 0 Å². The highest BCUT2D eigenvalue weighted by atomic mass is 15.4. The Bertz CT molecular complexity index is 413. The minimum absolute atomic E-state index is 0.503. The van der Waals surface area contributed by atoms with Gasteiger partial charge in [-0.15, -0.1) is 0 Å². The summed E-state index contributed by atoms with van der Waals surface area (Å²) in [7, 11) is 0. The van der Waals surface area contributed by atoms with Crippen molar-refractivity contribution in [2.45, 2.75) is 58.5 Å². The van der Waals surface area contributed by atoms with Crippen molar-refractivity contribution in [3.63, 3.8) is 0 Å². The van der Waals surface area contributed by atoms with Gasteiger partial charge in [0, 0.05) is 31.9 Å². The molecule has 0 bridgehead atoms. The summed E-state index contributed by atoms with van der Waals surface area (Å²) in [5.41, 5.74) is 1.43. The van der Waals surface area contributed by atoms with E-state index in [1.54, 1.807) is 0 Å². The molecule has 0 fully saturated rings. The normalized spacial score (nSPS) is 17.7. The van der Waals surface area contributed by atoms with Crippen molar-refractivity contribution in [1.29, 1.82) is 0 Å². The molecule has 1 aromatic rings. The topological polar surface area (TPSA) is 6.48 Å². The van der Waals surface area contributed by atoms with Crippen LogP contribution in [0.5, 0.6) is 0 Å². The molecule has 116 valence electrons. The van der Waals surface area contributed by atoms with Crippen LogP contribution in [0, 0.1) is 0 Å². The first-order valence-electron chi connectivity index (χ1n) is 8.59. The maximum Gasteiger partial charge on any atom is 0.105 e. The molecular weight excluding hydrogens is 256 g/mol. The molecule has 21 heavy (non-hydrogen) atoms. The van der Waals surface area contributed by atoms with Gasteiger partial charge in [-0.3, -0.25) is 0 Å². The van der Waals surface area contributed by atoms with Gasteiger partial charge < -0.3 is 9.80 Å². The van der Waals surface area contributed by atoms with Gasteiger partial charge in [-0.05, 0) is 18.9 Å². The minimum Gasteiger partial charge on any atom is -0.356 e. The summed E-state index contributed by atoms with van der Waals surface area (Å²) in [6, 6.07) is 10.9. The molecule has 0 saturated carbocycles. The fourth-order valence-electron chi connectivity index (χ4n) is 3.06. The third-order valence-electron chi connectivity index (χ3n) is 4.36. The summed E-state index contributed by atoms with van der Waals surface area (Å²) in [5.74, 6) is 0. The van der Waals surface area contributed by atoms with Crippen LogP contribution in [0.25, 0.3) is 0 Å². The smallest absolute Gasteiger partial charge is 0.105 e. The van der Waals surface area contributed by atoms with Gasteiger partial charge in [0.1, 0.15) is 6.17 Å². The van der Waals surface area contributed by atoms with Crippen LogP contribution in [0.2, 0.25) is 0 Å². The monoisotopic (exact) mass is 286 g/mol. The van der Waals surface area contributed by atoms with Gasteiger partial charge in [-0.25, -0.2) is 0 Å². The van der Waals surface area contributed by atoms with Crippen LogP contribution in [0.15, 0.2) is 42.7 Å². The molecule has 0 spiro atoms. The van der Waals surface area contributed by atoms with E-state index in [-0.39, 0.29) is 0 Å². The SMILES string of the molecule is CCCCCCCN1C=CN(CC)C1Cc1ccccc1. The number of benzene rings is 1. The van der Waals surface area contributed by atoms with Crippen molar-refractivity contribution in [3.8, 4) is 0 Å². The van der Waals surface area contributed by atoms with E-state index in [1.165, 1.54) is 44.2 Å². The highest BCUT2D eigenvalue weighted by Crippen LogP contribution is 2.20. The van der Waals surface area contributed by atoms with E-state index in [0.29, 0.717) is 6.17 Å². The van der Waals surface area contributed by atoms with E-state index in [9.17, 15) is 0 Å². The van der Waals surface area contributed by atoms with Crippen LogP contribution in [-0.2, 0) is 6.42 Å². The largest absolute Gasteiger partial charge is 0.356 e. The van der Waals surface area contributed by atoms with Gasteiger partial charge in [0.15, 0.2) is 0 Å². The first kappa shape index (κ1) is 15.9. The number of rotatable bonds is 9. The second-order valence-electron chi connectivity index (χ2n) is 5.95. The Morgan fingerprint density at radius 1 is 0.857 bits per heavy atom. The van der Waals surface area contributed by atoms with E-state index in [0.717, 1.165) is 13.0 Å². The van der Waals surface area contributed by atoms with Crippen LogP contribution >= 0.6 is 0 Å². The van der Waals surface area contributed by atoms with Crippen molar-refractivity contribution in [3.05, 3.63) is 48.3 Å². The average molecular weight is 286 g/mol. The molecule has 0 aliphatic carbocycles. The number of hydrogen-bond acceptors (Lipinski definition) is 2. The molecule has 1 aliphatic rings. The average Bonchev–Trinajstić information content (AvgIpc) is 2.90. The molecule has 2 nitrogen and oxygen atoms in total. The third kappa shape index (κ3) is 4.80. The van der Waals surface area contributed by atoms with Crippen molar-refractivity contribution >= 4 is 0 Å². The predicted octanol–water partition coefficient (Wildman–Crippen LogP) is 4.63. The zero-order valence-electron chi connectivity index (χ0n) is 13.7. The summed E-state index contributed by atoms with van der Waals surface area (Å²) < 4.78 is 0. The van der Waals surface area contributed by atoms with Gasteiger partial charge in [0.05, 0.1) is 0 Å². The summed E-state index contributed by atoms with van der Waals surface area (Å²) in [6.45, 7) is 6.79. The molecule has 0 N–H and O–H groups in total. The Balaban J connectivity index is 1.85. The minimum atomic E-state index is 0.503. The lowest BCUT2D eigenvalue weighted by Crippen LogP contribution is -2.40. The van der Waals surface area contributed by atoms with Crippen LogP contribution < -0.4 is 0 Å². The fourth-order valence-corrected chi connectivity index (χ4v) is 3.06. The summed E-state index contributed by atoms with van der Waals surface area (Å²) in [5, 5.41) is 0. The van der Waals surface area contributed by atoms with Crippen LogP contribution in [0.4, 0.5) is 0 Å². The van der Waals surface area contributed by atoms with Crippen molar-refractivity contribution < 1.29 is 0 Å². The van der Waals surface area contributed by atoms with Crippen LogP contribution in [-0.4, -0.2) is 29.1 Å². The summed E-state index contributed by atoms with van der Waals surface area (Å²) in [4.78, 5) is 4.99. The first-order valence-corrected chi connectivity index (χ1v) is 8.59. The van der Waals surface area contributed by atoms with E-state index in [4.69, 9.17) is 0 Å². The second kappa shape index (κ2) is 8.76. The molecule has 1 unspecified atom stereocenters. The Morgan fingerprint density at radius 2 is 1.57 bits per heavy atom. The quantitative estimate of drug-likeness (QED) is 0.610. The zero-order valence-corrected chi connectivity index (χ0v) is 13.7. The van der Waals surface area contributed by atoms with Gasteiger partial charge in [0.25, 0.3) is 0 Å². The Hall–Kier alpha value is -1.44. The Kier molecular flexibility index (Phi) is 6.65. The lowest BCUT2D eigenvalue weighted by Gasteiger charge is -2.32. The van der Waals surface area contributed by atoms with Gasteiger partial charge in [-0.1, -0.05) is 62.9 Å². The molecule has 1 atom stereocenters. The predicted molar refractivity (Wildman–Crippen MR) is 90.9 cm³/mol. The highest BCUT2D eigenvalue weighted by molar-refractivity contribution is 5.17. The molecule has 2 rings (SSSR count). The molecule has 0 radical (unpaired) electrons. The number of likely N-dealkylation sites (N-methyl/N-ethyl adjacent to an activating group) is 1. The van der Waals surface area contributed by atoms with E-state index in [2.05, 4.69) is 66.4 Å². The van der Waals surface area contributed by atoms with Gasteiger partial charge >= 0.3 is 0 Å². The fraction of sp³-hybridized carbons (Fsp3) is 0.579. The van der Waals surface area contributed by atoms with E-state index < -0.39 is 0 Å². The zero-order chi connectivity index (χ0) is 14.9. The Morgan fingerprint density at radius 3 is 2.29 bits per heavy atom. The molecule has 2 heteroatoms. The molecule has 0 saturated heterocycles. The number of unbranched alkanes of at least 4 members (excludes halogenated alkanes) is 4. The maximum absolute atomic E-state index is 2.53. The summed E-state index contributed by atoms with van der Waals surface area (Å²) in [6.07, 6.45) is 12.9. The summed E-state index contributed by atoms with van der Waals surface area (Å²) >= 11 is 0. The number of hydrogen-bond donors (Lipinski definition) is 0. The molecule has 1 aromatic carbocycles. The van der Waals surface area contributed by atoms with Crippen LogP contribution in [0.1, 0.15) is 51.5 Å². The lowest BCUT2D eigenvalue weighted by molar-refractivity contribution is 0.155. The van der Waals surface area contributed by atoms with Gasteiger partial charge in [0.2, 0.25) is 0 Å². The molecular formula is C19H30N2. The first-order chi connectivity index (χ1) is 10.3. The maximum atomic E-state index is 2.53. The molecule has 1 aliphatic heterocycles. The lowest BCUT2D eigenvalue weighted by atomic mass is 10.1. The highest BCUT2D eigenvalue weighted by Gasteiger charge is 2.24. The van der Waals surface area contributed by atoms with E-state index in [1.807, 2.05) is 0 Å². The molecule has 0 amide bonds. The van der Waals surface area contributed by atoms with Crippen molar-refractivity contribution in [2.75, 3.05) is 13.1 Å². The number of nitrogens with zero attached hydrogens (tertiary/aromatic N) is 2. The third-order valence-corrected chi connectivity index (χ3v) is 4.36. The van der Waals surface area contributed by atoms with E-state index >= 15 is 0 Å². The second-order valence-corrected chi connectivity index (χ2v) is 5.95. The van der Waals surface area contributed by atoms with Crippen molar-refractivity contribution in [1.82, 2.24) is 9.80 Å².